The van der Waals surface area contributed by atoms with E-state index < -0.39 is 0 Å². The zero-order valence-corrected chi connectivity index (χ0v) is 11.0. The molecule has 6 nitrogen and oxygen atoms in total. The van der Waals surface area contributed by atoms with Crippen molar-refractivity contribution >= 4 is 5.95 Å². The van der Waals surface area contributed by atoms with Gasteiger partial charge in [0.05, 0.1) is 5.69 Å². The minimum Gasteiger partial charge on any atom is -0.396 e. The van der Waals surface area contributed by atoms with Crippen LogP contribution in [-0.2, 0) is 0 Å². The molecule has 0 aliphatic rings. The van der Waals surface area contributed by atoms with Gasteiger partial charge in [0.2, 0.25) is 5.95 Å². The average Bonchev–Trinajstić information content (AvgIpc) is 2.93. The summed E-state index contributed by atoms with van der Waals surface area (Å²) in [6.45, 7) is 3.08. The highest BCUT2D eigenvalue weighted by Crippen LogP contribution is 2.13. The summed E-state index contributed by atoms with van der Waals surface area (Å²) in [4.78, 5) is 0. The van der Waals surface area contributed by atoms with E-state index in [0.717, 1.165) is 25.1 Å². The van der Waals surface area contributed by atoms with Gasteiger partial charge in [-0.1, -0.05) is 36.6 Å². The Bertz CT molecular complexity index is 485. The van der Waals surface area contributed by atoms with E-state index in [0.29, 0.717) is 11.9 Å². The molecule has 2 N–H and O–H groups in total. The van der Waals surface area contributed by atoms with Gasteiger partial charge in [-0.25, -0.2) is 0 Å². The summed E-state index contributed by atoms with van der Waals surface area (Å²) in [5.74, 6) is 1.05. The zero-order chi connectivity index (χ0) is 13.5. The van der Waals surface area contributed by atoms with Crippen LogP contribution in [0.4, 0.5) is 5.95 Å². The van der Waals surface area contributed by atoms with Crippen LogP contribution in [0.1, 0.15) is 19.8 Å². The number of anilines is 1. The lowest BCUT2D eigenvalue weighted by atomic mass is 10.0. The molecule has 0 bridgehead atoms. The number of hydrogen-bond donors (Lipinski definition) is 2. The first-order chi connectivity index (χ1) is 9.35. The standard InChI is InChI=1S/C13H19N5O/c1-2-11(8-9-19)10-14-13-15-16-17-18(13)12-6-4-3-5-7-12/h3-7,11,19H,2,8-10H2,1H3,(H,14,15,17). The monoisotopic (exact) mass is 261 g/mol. The molecule has 0 fully saturated rings. The number of aliphatic hydroxyl groups is 1. The van der Waals surface area contributed by atoms with Crippen molar-refractivity contribution in [1.29, 1.82) is 0 Å². The van der Waals surface area contributed by atoms with Crippen molar-refractivity contribution in [3.63, 3.8) is 0 Å². The molecule has 0 radical (unpaired) electrons. The van der Waals surface area contributed by atoms with Gasteiger partial charge in [-0.15, -0.1) is 0 Å². The maximum absolute atomic E-state index is 8.98. The highest BCUT2D eigenvalue weighted by Gasteiger charge is 2.10. The van der Waals surface area contributed by atoms with E-state index in [1.165, 1.54) is 0 Å². The van der Waals surface area contributed by atoms with Crippen LogP contribution in [-0.4, -0.2) is 38.5 Å². The highest BCUT2D eigenvalue weighted by atomic mass is 16.3. The molecule has 19 heavy (non-hydrogen) atoms. The molecule has 0 aliphatic carbocycles. The predicted octanol–water partition coefficient (Wildman–Crippen LogP) is 1.48. The number of para-hydroxylation sites is 1. The van der Waals surface area contributed by atoms with Crippen LogP contribution in [0.3, 0.4) is 0 Å². The number of benzene rings is 1. The first-order valence-corrected chi connectivity index (χ1v) is 6.53. The summed E-state index contributed by atoms with van der Waals surface area (Å²) in [5, 5.41) is 23.9. The van der Waals surface area contributed by atoms with Crippen LogP contribution in [0.2, 0.25) is 0 Å². The van der Waals surface area contributed by atoms with Crippen molar-refractivity contribution in [3.05, 3.63) is 30.3 Å². The summed E-state index contributed by atoms with van der Waals surface area (Å²) < 4.78 is 1.67. The zero-order valence-electron chi connectivity index (χ0n) is 11.0. The van der Waals surface area contributed by atoms with Crippen LogP contribution < -0.4 is 5.32 Å². The minimum absolute atomic E-state index is 0.212. The molecule has 0 aliphatic heterocycles. The van der Waals surface area contributed by atoms with Crippen molar-refractivity contribution in [1.82, 2.24) is 20.2 Å². The smallest absolute Gasteiger partial charge is 0.247 e. The van der Waals surface area contributed by atoms with E-state index >= 15 is 0 Å². The molecule has 0 saturated heterocycles. The van der Waals surface area contributed by atoms with Gasteiger partial charge in [-0.2, -0.15) is 4.68 Å². The van der Waals surface area contributed by atoms with Crippen LogP contribution in [0.15, 0.2) is 30.3 Å². The van der Waals surface area contributed by atoms with Crippen LogP contribution in [0.25, 0.3) is 5.69 Å². The molecule has 0 spiro atoms. The summed E-state index contributed by atoms with van der Waals surface area (Å²) in [7, 11) is 0. The average molecular weight is 261 g/mol. The van der Waals surface area contributed by atoms with Crippen LogP contribution in [0.5, 0.6) is 0 Å². The van der Waals surface area contributed by atoms with Crippen molar-refractivity contribution in [2.75, 3.05) is 18.5 Å². The van der Waals surface area contributed by atoms with Gasteiger partial charge in [0.1, 0.15) is 0 Å². The first kappa shape index (κ1) is 13.5. The van der Waals surface area contributed by atoms with E-state index in [2.05, 4.69) is 27.8 Å². The Labute approximate surface area is 112 Å². The van der Waals surface area contributed by atoms with Gasteiger partial charge in [0.15, 0.2) is 0 Å². The van der Waals surface area contributed by atoms with Gasteiger partial charge in [-0.3, -0.25) is 0 Å². The van der Waals surface area contributed by atoms with Crippen molar-refractivity contribution in [2.24, 2.45) is 5.92 Å². The molecule has 2 aromatic rings. The molecule has 1 atom stereocenters. The third-order valence-corrected chi connectivity index (χ3v) is 3.13. The van der Waals surface area contributed by atoms with Crippen LogP contribution >= 0.6 is 0 Å². The normalized spacial score (nSPS) is 12.3. The number of nitrogens with one attached hydrogen (secondary N) is 1. The topological polar surface area (TPSA) is 75.9 Å². The molecule has 1 aromatic heterocycles. The molecular weight excluding hydrogens is 242 g/mol. The lowest BCUT2D eigenvalue weighted by Gasteiger charge is -2.14. The maximum atomic E-state index is 8.98. The quantitative estimate of drug-likeness (QED) is 0.789. The molecule has 1 heterocycles. The molecule has 0 saturated carbocycles. The Morgan fingerprint density at radius 3 is 2.79 bits per heavy atom. The third kappa shape index (κ3) is 3.51. The Kier molecular flexibility index (Phi) is 4.85. The number of aliphatic hydroxyl groups excluding tert-OH is 1. The minimum atomic E-state index is 0.212. The van der Waals surface area contributed by atoms with Gasteiger partial charge >= 0.3 is 0 Å². The Hall–Kier alpha value is -1.95. The third-order valence-electron chi connectivity index (χ3n) is 3.13. The van der Waals surface area contributed by atoms with Gasteiger partial charge in [0, 0.05) is 13.2 Å². The maximum Gasteiger partial charge on any atom is 0.247 e. The Morgan fingerprint density at radius 1 is 1.32 bits per heavy atom. The van der Waals surface area contributed by atoms with E-state index in [1.807, 2.05) is 30.3 Å². The fraction of sp³-hybridized carbons (Fsp3) is 0.462. The fourth-order valence-electron chi connectivity index (χ4n) is 1.91. The van der Waals surface area contributed by atoms with Crippen LogP contribution in [0, 0.1) is 5.92 Å². The summed E-state index contributed by atoms with van der Waals surface area (Å²) in [6, 6.07) is 9.75. The number of hydrogen-bond acceptors (Lipinski definition) is 5. The first-order valence-electron chi connectivity index (χ1n) is 6.53. The van der Waals surface area contributed by atoms with Crippen molar-refractivity contribution < 1.29 is 5.11 Å². The van der Waals surface area contributed by atoms with E-state index in [-0.39, 0.29) is 6.61 Å². The number of tetrazole rings is 1. The van der Waals surface area contributed by atoms with E-state index in [9.17, 15) is 0 Å². The second-order valence-corrected chi connectivity index (χ2v) is 4.42. The predicted molar refractivity (Wildman–Crippen MR) is 73.1 cm³/mol. The summed E-state index contributed by atoms with van der Waals surface area (Å²) in [6.07, 6.45) is 1.80. The summed E-state index contributed by atoms with van der Waals surface area (Å²) >= 11 is 0. The second kappa shape index (κ2) is 6.84. The molecule has 1 aromatic carbocycles. The lowest BCUT2D eigenvalue weighted by molar-refractivity contribution is 0.258. The van der Waals surface area contributed by atoms with Crippen molar-refractivity contribution in [3.8, 4) is 5.69 Å². The number of rotatable bonds is 7. The molecular formula is C13H19N5O. The number of aromatic nitrogens is 4. The molecule has 102 valence electrons. The Balaban J connectivity index is 2.04. The SMILES string of the molecule is CCC(CCO)CNc1nnnn1-c1ccccc1. The largest absolute Gasteiger partial charge is 0.396 e. The van der Waals surface area contributed by atoms with Gasteiger partial charge < -0.3 is 10.4 Å². The second-order valence-electron chi connectivity index (χ2n) is 4.42. The lowest BCUT2D eigenvalue weighted by Crippen LogP contribution is -2.17. The van der Waals surface area contributed by atoms with Crippen molar-refractivity contribution in [2.45, 2.75) is 19.8 Å². The van der Waals surface area contributed by atoms with E-state index in [4.69, 9.17) is 5.11 Å². The van der Waals surface area contributed by atoms with Gasteiger partial charge in [-0.05, 0) is 34.9 Å². The van der Waals surface area contributed by atoms with E-state index in [1.54, 1.807) is 4.68 Å². The Morgan fingerprint density at radius 2 is 2.11 bits per heavy atom. The molecule has 1 unspecified atom stereocenters. The highest BCUT2D eigenvalue weighted by molar-refractivity contribution is 5.38. The fourth-order valence-corrected chi connectivity index (χ4v) is 1.91. The number of nitrogens with zero attached hydrogens (tertiary/aromatic N) is 4. The molecule has 6 heteroatoms. The molecule has 2 rings (SSSR count). The van der Waals surface area contributed by atoms with Gasteiger partial charge in [0.25, 0.3) is 0 Å². The summed E-state index contributed by atoms with van der Waals surface area (Å²) in [5.41, 5.74) is 0.921. The molecule has 0 amide bonds.